The lowest BCUT2D eigenvalue weighted by Gasteiger charge is -2.02. The second kappa shape index (κ2) is 5.83. The van der Waals surface area contributed by atoms with Crippen molar-refractivity contribution < 1.29 is 24.9 Å². The van der Waals surface area contributed by atoms with Crippen LogP contribution in [0.25, 0.3) is 0 Å². The molecule has 106 valence electrons. The highest BCUT2D eigenvalue weighted by molar-refractivity contribution is 5.93. The molecule has 0 saturated carbocycles. The van der Waals surface area contributed by atoms with E-state index in [0.717, 1.165) is 0 Å². The van der Waals surface area contributed by atoms with E-state index in [2.05, 4.69) is 10.2 Å². The third-order valence-electron chi connectivity index (χ3n) is 2.65. The van der Waals surface area contributed by atoms with Crippen molar-refractivity contribution in [1.82, 2.24) is 0 Å². The first-order valence-electron chi connectivity index (χ1n) is 5.80. The summed E-state index contributed by atoms with van der Waals surface area (Å²) >= 11 is 0. The van der Waals surface area contributed by atoms with Gasteiger partial charge in [-0.05, 0) is 24.3 Å². The standard InChI is InChI=1S/C14H10N2O5/c17-12-9(14(20)21)5-3-7-11(12)16-15-10-6-2-1-4-8(10)13(18)19/h1-7,17H,(H,18,19)(H,20,21)/b16-15+. The molecule has 0 fully saturated rings. The molecule has 7 nitrogen and oxygen atoms in total. The normalized spacial score (nSPS) is 10.7. The molecule has 2 aromatic rings. The van der Waals surface area contributed by atoms with Crippen molar-refractivity contribution >= 4 is 23.3 Å². The summed E-state index contributed by atoms with van der Waals surface area (Å²) in [4.78, 5) is 21.9. The van der Waals surface area contributed by atoms with Gasteiger partial charge >= 0.3 is 11.9 Å². The Morgan fingerprint density at radius 2 is 1.29 bits per heavy atom. The van der Waals surface area contributed by atoms with E-state index in [9.17, 15) is 14.7 Å². The van der Waals surface area contributed by atoms with Crippen molar-refractivity contribution in [2.45, 2.75) is 0 Å². The van der Waals surface area contributed by atoms with E-state index >= 15 is 0 Å². The van der Waals surface area contributed by atoms with Crippen LogP contribution in [0.5, 0.6) is 5.75 Å². The number of hydrogen-bond donors (Lipinski definition) is 3. The second-order valence-electron chi connectivity index (χ2n) is 4.00. The van der Waals surface area contributed by atoms with Gasteiger partial charge in [0.1, 0.15) is 16.9 Å². The monoisotopic (exact) mass is 286 g/mol. The Morgan fingerprint density at radius 1 is 0.762 bits per heavy atom. The molecule has 2 rings (SSSR count). The fourth-order valence-electron chi connectivity index (χ4n) is 1.63. The number of benzene rings is 2. The van der Waals surface area contributed by atoms with E-state index in [4.69, 9.17) is 10.2 Å². The Morgan fingerprint density at radius 3 is 1.95 bits per heavy atom. The van der Waals surface area contributed by atoms with E-state index in [1.54, 1.807) is 12.1 Å². The summed E-state index contributed by atoms with van der Waals surface area (Å²) in [5.41, 5.74) is -0.312. The van der Waals surface area contributed by atoms with Gasteiger partial charge in [0.2, 0.25) is 0 Å². The Hall–Kier alpha value is -3.22. The third kappa shape index (κ3) is 3.03. The molecule has 0 unspecified atom stereocenters. The van der Waals surface area contributed by atoms with Crippen LogP contribution in [0.15, 0.2) is 52.7 Å². The molecule has 0 bridgehead atoms. The topological polar surface area (TPSA) is 120 Å². The minimum atomic E-state index is -1.30. The molecule has 0 aliphatic heterocycles. The molecule has 3 N–H and O–H groups in total. The van der Waals surface area contributed by atoms with Crippen molar-refractivity contribution in [2.24, 2.45) is 10.2 Å². The van der Waals surface area contributed by atoms with Crippen LogP contribution in [-0.4, -0.2) is 27.3 Å². The molecule has 21 heavy (non-hydrogen) atoms. The van der Waals surface area contributed by atoms with Crippen LogP contribution in [0.2, 0.25) is 0 Å². The third-order valence-corrected chi connectivity index (χ3v) is 2.65. The summed E-state index contributed by atoms with van der Waals surface area (Å²) in [5.74, 6) is -2.98. The number of aromatic carboxylic acids is 2. The highest BCUT2D eigenvalue weighted by atomic mass is 16.4. The minimum absolute atomic E-state index is 0.0462. The van der Waals surface area contributed by atoms with Crippen LogP contribution in [-0.2, 0) is 0 Å². The highest BCUT2D eigenvalue weighted by Gasteiger charge is 2.13. The zero-order valence-corrected chi connectivity index (χ0v) is 10.6. The number of nitrogens with zero attached hydrogens (tertiary/aromatic N) is 2. The van der Waals surface area contributed by atoms with E-state index in [0.29, 0.717) is 0 Å². The number of carbonyl (C=O) groups is 2. The molecule has 2 aromatic carbocycles. The average molecular weight is 286 g/mol. The minimum Gasteiger partial charge on any atom is -0.505 e. The molecule has 0 radical (unpaired) electrons. The van der Waals surface area contributed by atoms with Crippen molar-refractivity contribution in [2.75, 3.05) is 0 Å². The van der Waals surface area contributed by atoms with Crippen molar-refractivity contribution in [3.05, 3.63) is 53.6 Å². The van der Waals surface area contributed by atoms with Gasteiger partial charge in [-0.1, -0.05) is 18.2 Å². The zero-order valence-electron chi connectivity index (χ0n) is 10.6. The summed E-state index contributed by atoms with van der Waals surface area (Å²) in [6.07, 6.45) is 0. The van der Waals surface area contributed by atoms with Crippen molar-refractivity contribution in [3.8, 4) is 5.75 Å². The summed E-state index contributed by atoms with van der Waals surface area (Å²) in [6, 6.07) is 9.95. The first-order valence-corrected chi connectivity index (χ1v) is 5.80. The lowest BCUT2D eigenvalue weighted by Crippen LogP contribution is -1.96. The molecule has 7 heteroatoms. The molecule has 0 atom stereocenters. The molecule has 0 aliphatic rings. The summed E-state index contributed by atoms with van der Waals surface area (Å²) in [5, 5.41) is 35.1. The highest BCUT2D eigenvalue weighted by Crippen LogP contribution is 2.32. The quantitative estimate of drug-likeness (QED) is 0.745. The van der Waals surface area contributed by atoms with Crippen LogP contribution in [0, 0.1) is 0 Å². The van der Waals surface area contributed by atoms with Crippen LogP contribution < -0.4 is 0 Å². The van der Waals surface area contributed by atoms with Gasteiger partial charge in [-0.2, -0.15) is 0 Å². The maximum absolute atomic E-state index is 11.0. The maximum atomic E-state index is 11.0. The zero-order chi connectivity index (χ0) is 15.4. The number of phenols is 1. The van der Waals surface area contributed by atoms with Gasteiger partial charge in [-0.3, -0.25) is 0 Å². The fraction of sp³-hybridized carbons (Fsp3) is 0. The van der Waals surface area contributed by atoms with Gasteiger partial charge in [0, 0.05) is 0 Å². The molecule has 0 spiro atoms. The Labute approximate surface area is 118 Å². The number of carboxylic acid groups (broad SMARTS) is 2. The van der Waals surface area contributed by atoms with Gasteiger partial charge in [0.05, 0.1) is 5.56 Å². The first-order chi connectivity index (χ1) is 10.0. The van der Waals surface area contributed by atoms with Gasteiger partial charge in [0.15, 0.2) is 5.75 Å². The average Bonchev–Trinajstić information content (AvgIpc) is 2.46. The number of aromatic hydroxyl groups is 1. The maximum Gasteiger partial charge on any atom is 0.339 e. The lowest BCUT2D eigenvalue weighted by atomic mass is 10.2. The number of para-hydroxylation sites is 1. The molecule has 0 amide bonds. The smallest absolute Gasteiger partial charge is 0.339 e. The SMILES string of the molecule is O=C(O)c1ccccc1/N=N/c1cccc(C(=O)O)c1O. The fourth-order valence-corrected chi connectivity index (χ4v) is 1.63. The molecule has 0 heterocycles. The predicted octanol–water partition coefficient (Wildman–Crippen LogP) is 3.20. The Bertz CT molecular complexity index is 740. The summed E-state index contributed by atoms with van der Waals surface area (Å²) in [7, 11) is 0. The molecular weight excluding hydrogens is 276 g/mol. The number of hydrogen-bond acceptors (Lipinski definition) is 5. The van der Waals surface area contributed by atoms with E-state index in [1.807, 2.05) is 0 Å². The van der Waals surface area contributed by atoms with E-state index in [-0.39, 0.29) is 22.5 Å². The van der Waals surface area contributed by atoms with Crippen molar-refractivity contribution in [1.29, 1.82) is 0 Å². The summed E-state index contributed by atoms with van der Waals surface area (Å²) < 4.78 is 0. The van der Waals surface area contributed by atoms with Gasteiger partial charge in [-0.25, -0.2) is 9.59 Å². The Balaban J connectivity index is 2.41. The second-order valence-corrected chi connectivity index (χ2v) is 4.00. The van der Waals surface area contributed by atoms with Crippen LogP contribution in [0.4, 0.5) is 11.4 Å². The lowest BCUT2D eigenvalue weighted by molar-refractivity contribution is 0.0684. The van der Waals surface area contributed by atoms with Crippen LogP contribution in [0.1, 0.15) is 20.7 Å². The van der Waals surface area contributed by atoms with Crippen LogP contribution in [0.3, 0.4) is 0 Å². The number of rotatable bonds is 4. The number of carboxylic acids is 2. The first kappa shape index (κ1) is 14.2. The summed E-state index contributed by atoms with van der Waals surface area (Å²) in [6.45, 7) is 0. The molecular formula is C14H10N2O5. The molecule has 0 saturated heterocycles. The van der Waals surface area contributed by atoms with E-state index < -0.39 is 17.7 Å². The predicted molar refractivity (Wildman–Crippen MR) is 72.6 cm³/mol. The Kier molecular flexibility index (Phi) is 3.94. The van der Waals surface area contributed by atoms with Gasteiger partial charge in [0.25, 0.3) is 0 Å². The van der Waals surface area contributed by atoms with Gasteiger partial charge < -0.3 is 15.3 Å². The van der Waals surface area contributed by atoms with Gasteiger partial charge in [-0.15, -0.1) is 10.2 Å². The van der Waals surface area contributed by atoms with Crippen LogP contribution >= 0.6 is 0 Å². The van der Waals surface area contributed by atoms with Crippen molar-refractivity contribution in [3.63, 3.8) is 0 Å². The largest absolute Gasteiger partial charge is 0.505 e. The number of azo groups is 1. The molecule has 0 aromatic heterocycles. The van der Waals surface area contributed by atoms with E-state index in [1.165, 1.54) is 30.3 Å². The molecule has 0 aliphatic carbocycles.